The summed E-state index contributed by atoms with van der Waals surface area (Å²) in [6, 6.07) is 8.01. The van der Waals surface area contributed by atoms with Gasteiger partial charge < -0.3 is 10.1 Å². The molecule has 0 unspecified atom stereocenters. The monoisotopic (exact) mass is 285 g/mol. The molecule has 2 heterocycles. The van der Waals surface area contributed by atoms with Crippen LogP contribution in [0.15, 0.2) is 36.0 Å². The molecule has 0 aliphatic carbocycles. The third-order valence-electron chi connectivity index (χ3n) is 3.15. The van der Waals surface area contributed by atoms with Crippen molar-refractivity contribution in [3.8, 4) is 5.75 Å². The molecule has 0 spiro atoms. The Bertz CT molecular complexity index is 722. The molecule has 3 rings (SSSR count). The molecular formula is C15H15N3OS. The molecule has 0 amide bonds. The van der Waals surface area contributed by atoms with Crippen molar-refractivity contribution in [2.45, 2.75) is 13.5 Å². The van der Waals surface area contributed by atoms with Crippen molar-refractivity contribution in [3.05, 3.63) is 47.1 Å². The molecule has 0 aliphatic heterocycles. The predicted octanol–water partition coefficient (Wildman–Crippen LogP) is 3.62. The average molecular weight is 285 g/mol. The van der Waals surface area contributed by atoms with Gasteiger partial charge in [-0.05, 0) is 35.6 Å². The second kappa shape index (κ2) is 5.46. The van der Waals surface area contributed by atoms with Gasteiger partial charge >= 0.3 is 0 Å². The maximum atomic E-state index is 5.15. The Balaban J connectivity index is 1.79. The molecule has 0 saturated heterocycles. The van der Waals surface area contributed by atoms with E-state index in [9.17, 15) is 0 Å². The molecule has 0 aliphatic rings. The lowest BCUT2D eigenvalue weighted by molar-refractivity contribution is 0.414. The summed E-state index contributed by atoms with van der Waals surface area (Å²) >= 11 is 1.67. The maximum absolute atomic E-state index is 5.15. The Morgan fingerprint density at radius 3 is 2.75 bits per heavy atom. The van der Waals surface area contributed by atoms with Gasteiger partial charge in [0.15, 0.2) is 0 Å². The summed E-state index contributed by atoms with van der Waals surface area (Å²) in [5.74, 6) is 1.76. The SMILES string of the molecule is COc1ccc(CNc2ncnc3c(C)csc23)cc1. The van der Waals surface area contributed by atoms with Gasteiger partial charge in [-0.25, -0.2) is 9.97 Å². The Labute approximate surface area is 121 Å². The first-order valence-electron chi connectivity index (χ1n) is 6.33. The topological polar surface area (TPSA) is 47.0 Å². The van der Waals surface area contributed by atoms with E-state index in [0.29, 0.717) is 0 Å². The molecule has 5 heteroatoms. The number of hydrogen-bond acceptors (Lipinski definition) is 5. The Morgan fingerprint density at radius 2 is 2.00 bits per heavy atom. The number of anilines is 1. The number of ether oxygens (including phenoxy) is 1. The van der Waals surface area contributed by atoms with E-state index in [1.165, 1.54) is 11.1 Å². The van der Waals surface area contributed by atoms with E-state index < -0.39 is 0 Å². The van der Waals surface area contributed by atoms with Crippen LogP contribution in [0.4, 0.5) is 5.82 Å². The van der Waals surface area contributed by atoms with Crippen LogP contribution >= 0.6 is 11.3 Å². The fourth-order valence-electron chi connectivity index (χ4n) is 2.02. The summed E-state index contributed by atoms with van der Waals surface area (Å²) in [6.07, 6.45) is 1.61. The largest absolute Gasteiger partial charge is 0.497 e. The molecule has 20 heavy (non-hydrogen) atoms. The number of aryl methyl sites for hydroxylation is 1. The van der Waals surface area contributed by atoms with Crippen LogP contribution in [0, 0.1) is 6.92 Å². The number of methoxy groups -OCH3 is 1. The Morgan fingerprint density at radius 1 is 1.20 bits per heavy atom. The van der Waals surface area contributed by atoms with Crippen LogP contribution in [0.25, 0.3) is 10.2 Å². The van der Waals surface area contributed by atoms with Gasteiger partial charge in [0.1, 0.15) is 17.9 Å². The van der Waals surface area contributed by atoms with Gasteiger partial charge in [0.25, 0.3) is 0 Å². The first kappa shape index (κ1) is 12.9. The van der Waals surface area contributed by atoms with E-state index in [-0.39, 0.29) is 0 Å². The minimum absolute atomic E-state index is 0.729. The molecule has 1 aromatic carbocycles. The van der Waals surface area contributed by atoms with E-state index in [0.717, 1.165) is 28.3 Å². The van der Waals surface area contributed by atoms with Gasteiger partial charge in [-0.3, -0.25) is 0 Å². The number of benzene rings is 1. The number of aromatic nitrogens is 2. The quantitative estimate of drug-likeness (QED) is 0.795. The zero-order valence-electron chi connectivity index (χ0n) is 11.4. The summed E-state index contributed by atoms with van der Waals surface area (Å²) in [5.41, 5.74) is 3.41. The molecular weight excluding hydrogens is 270 g/mol. The molecule has 2 aromatic heterocycles. The normalized spacial score (nSPS) is 10.7. The van der Waals surface area contributed by atoms with E-state index in [4.69, 9.17) is 4.74 Å². The zero-order valence-corrected chi connectivity index (χ0v) is 12.2. The smallest absolute Gasteiger partial charge is 0.147 e. The first-order valence-corrected chi connectivity index (χ1v) is 7.21. The van der Waals surface area contributed by atoms with Crippen LogP contribution in [0.3, 0.4) is 0 Å². The first-order chi connectivity index (χ1) is 9.78. The third-order valence-corrected chi connectivity index (χ3v) is 4.24. The van der Waals surface area contributed by atoms with Crippen LogP contribution in [0.2, 0.25) is 0 Å². The molecule has 102 valence electrons. The number of nitrogens with zero attached hydrogens (tertiary/aromatic N) is 2. The van der Waals surface area contributed by atoms with Crippen molar-refractivity contribution in [2.75, 3.05) is 12.4 Å². The maximum Gasteiger partial charge on any atom is 0.147 e. The molecule has 0 fully saturated rings. The van der Waals surface area contributed by atoms with E-state index in [1.807, 2.05) is 24.3 Å². The van der Waals surface area contributed by atoms with Crippen LogP contribution in [0.5, 0.6) is 5.75 Å². The van der Waals surface area contributed by atoms with Crippen LogP contribution in [0.1, 0.15) is 11.1 Å². The highest BCUT2D eigenvalue weighted by molar-refractivity contribution is 7.18. The second-order valence-corrected chi connectivity index (χ2v) is 5.40. The summed E-state index contributed by atoms with van der Waals surface area (Å²) in [6.45, 7) is 2.80. The number of thiophene rings is 1. The summed E-state index contributed by atoms with van der Waals surface area (Å²) in [5, 5.41) is 5.48. The van der Waals surface area contributed by atoms with Crippen LogP contribution in [-0.2, 0) is 6.54 Å². The van der Waals surface area contributed by atoms with E-state index in [1.54, 1.807) is 24.8 Å². The number of hydrogen-bond donors (Lipinski definition) is 1. The van der Waals surface area contributed by atoms with Crippen molar-refractivity contribution in [1.29, 1.82) is 0 Å². The fourth-order valence-corrected chi connectivity index (χ4v) is 2.99. The molecule has 0 radical (unpaired) electrons. The van der Waals surface area contributed by atoms with Crippen LogP contribution < -0.4 is 10.1 Å². The Kier molecular flexibility index (Phi) is 3.52. The van der Waals surface area contributed by atoms with Gasteiger partial charge in [0.05, 0.1) is 17.3 Å². The molecule has 0 bridgehead atoms. The second-order valence-electron chi connectivity index (χ2n) is 4.52. The van der Waals surface area contributed by atoms with Crippen molar-refractivity contribution in [3.63, 3.8) is 0 Å². The highest BCUT2D eigenvalue weighted by atomic mass is 32.1. The lowest BCUT2D eigenvalue weighted by atomic mass is 10.2. The predicted molar refractivity (Wildman–Crippen MR) is 82.5 cm³/mol. The van der Waals surface area contributed by atoms with Gasteiger partial charge in [-0.2, -0.15) is 0 Å². The minimum Gasteiger partial charge on any atom is -0.497 e. The minimum atomic E-state index is 0.729. The van der Waals surface area contributed by atoms with Gasteiger partial charge in [-0.15, -0.1) is 11.3 Å². The zero-order chi connectivity index (χ0) is 13.9. The van der Waals surface area contributed by atoms with Crippen molar-refractivity contribution in [2.24, 2.45) is 0 Å². The molecule has 0 atom stereocenters. The number of fused-ring (bicyclic) bond motifs is 1. The molecule has 0 saturated carbocycles. The van der Waals surface area contributed by atoms with Gasteiger partial charge in [0, 0.05) is 6.54 Å². The fraction of sp³-hybridized carbons (Fsp3) is 0.200. The van der Waals surface area contributed by atoms with E-state index >= 15 is 0 Å². The van der Waals surface area contributed by atoms with Crippen LogP contribution in [-0.4, -0.2) is 17.1 Å². The molecule has 1 N–H and O–H groups in total. The van der Waals surface area contributed by atoms with Gasteiger partial charge in [0.2, 0.25) is 0 Å². The van der Waals surface area contributed by atoms with E-state index in [2.05, 4.69) is 27.6 Å². The third kappa shape index (κ3) is 2.44. The summed E-state index contributed by atoms with van der Waals surface area (Å²) in [7, 11) is 1.67. The Hall–Kier alpha value is -2.14. The number of rotatable bonds is 4. The molecule has 3 aromatic rings. The van der Waals surface area contributed by atoms with Gasteiger partial charge in [-0.1, -0.05) is 12.1 Å². The molecule has 4 nitrogen and oxygen atoms in total. The highest BCUT2D eigenvalue weighted by Gasteiger charge is 2.07. The lowest BCUT2D eigenvalue weighted by Crippen LogP contribution is -2.01. The standard InChI is InChI=1S/C15H15N3OS/c1-10-8-20-14-13(10)17-9-18-15(14)16-7-11-3-5-12(19-2)6-4-11/h3-6,8-9H,7H2,1-2H3,(H,16,17,18). The lowest BCUT2D eigenvalue weighted by Gasteiger charge is -2.07. The number of nitrogens with one attached hydrogen (secondary N) is 1. The van der Waals surface area contributed by atoms with Crippen molar-refractivity contribution < 1.29 is 4.74 Å². The highest BCUT2D eigenvalue weighted by Crippen LogP contribution is 2.28. The average Bonchev–Trinajstić information content (AvgIpc) is 2.88. The summed E-state index contributed by atoms with van der Waals surface area (Å²) < 4.78 is 6.26. The van der Waals surface area contributed by atoms with Crippen molar-refractivity contribution >= 4 is 27.4 Å². The summed E-state index contributed by atoms with van der Waals surface area (Å²) in [4.78, 5) is 8.65. The van der Waals surface area contributed by atoms with Crippen molar-refractivity contribution in [1.82, 2.24) is 9.97 Å².